The second-order valence-corrected chi connectivity index (χ2v) is 14.9. The zero-order valence-corrected chi connectivity index (χ0v) is 30.6. The van der Waals surface area contributed by atoms with E-state index in [1.54, 1.807) is 29.7 Å². The molecule has 286 valence electrons. The number of nitrogens with one attached hydrogen (secondary N) is 2. The molecule has 1 aromatic heterocycles. The van der Waals surface area contributed by atoms with E-state index in [1.807, 2.05) is 41.1 Å². The van der Waals surface area contributed by atoms with Gasteiger partial charge in [0.2, 0.25) is 11.8 Å². The number of anilines is 1. The summed E-state index contributed by atoms with van der Waals surface area (Å²) in [5.74, 6) is -1.02. The summed E-state index contributed by atoms with van der Waals surface area (Å²) >= 11 is 0. The molecule has 1 unspecified atom stereocenters. The molecule has 3 fully saturated rings. The molecule has 14 heteroatoms. The van der Waals surface area contributed by atoms with Crippen LogP contribution in [0, 0.1) is 5.92 Å². The zero-order valence-electron chi connectivity index (χ0n) is 30.6. The van der Waals surface area contributed by atoms with E-state index in [4.69, 9.17) is 9.94 Å². The number of piperidine rings is 2. The average Bonchev–Trinajstić information content (AvgIpc) is 3.72. The predicted octanol–water partition coefficient (Wildman–Crippen LogP) is 3.27. The van der Waals surface area contributed by atoms with Gasteiger partial charge >= 0.3 is 0 Å². The number of fused-ring (bicyclic) bond motifs is 2. The molecule has 4 aliphatic heterocycles. The molecule has 3 N–H and O–H groups in total. The van der Waals surface area contributed by atoms with E-state index in [1.165, 1.54) is 5.56 Å². The van der Waals surface area contributed by atoms with Crippen LogP contribution in [0.25, 0.3) is 10.9 Å². The topological polar surface area (TPSA) is 157 Å². The van der Waals surface area contributed by atoms with Gasteiger partial charge in [-0.15, -0.1) is 0 Å². The molecule has 4 aromatic rings. The molecule has 55 heavy (non-hydrogen) atoms. The average molecular weight is 748 g/mol. The van der Waals surface area contributed by atoms with E-state index in [0.717, 1.165) is 92.4 Å². The van der Waals surface area contributed by atoms with Gasteiger partial charge < -0.3 is 14.2 Å². The summed E-state index contributed by atoms with van der Waals surface area (Å²) < 4.78 is 8.18. The van der Waals surface area contributed by atoms with E-state index in [9.17, 15) is 24.0 Å². The van der Waals surface area contributed by atoms with Crippen LogP contribution in [0.2, 0.25) is 0 Å². The molecule has 5 heterocycles. The molecule has 0 spiro atoms. The first-order valence-corrected chi connectivity index (χ1v) is 19.0. The number of amides is 5. The van der Waals surface area contributed by atoms with Crippen LogP contribution in [0.3, 0.4) is 0 Å². The Balaban J connectivity index is 0.773. The summed E-state index contributed by atoms with van der Waals surface area (Å²) in [6.45, 7) is 8.60. The van der Waals surface area contributed by atoms with Crippen LogP contribution in [0.4, 0.5) is 5.69 Å². The van der Waals surface area contributed by atoms with Gasteiger partial charge in [0.15, 0.2) is 0 Å². The number of hydroxylamine groups is 1. The maximum Gasteiger partial charge on any atom is 0.274 e. The van der Waals surface area contributed by atoms with E-state index in [0.29, 0.717) is 35.8 Å². The Labute approximate surface area is 318 Å². The van der Waals surface area contributed by atoms with Gasteiger partial charge in [0, 0.05) is 68.7 Å². The summed E-state index contributed by atoms with van der Waals surface area (Å²) in [4.78, 5) is 70.6. The number of benzene rings is 3. The number of likely N-dealkylation sites (tertiary alicyclic amines) is 1. The number of piperazine rings is 1. The first kappa shape index (κ1) is 36.4. The van der Waals surface area contributed by atoms with Crippen LogP contribution in [0.5, 0.6) is 5.75 Å². The van der Waals surface area contributed by atoms with Gasteiger partial charge in [-0.25, -0.2) is 5.48 Å². The molecule has 0 aliphatic carbocycles. The molecule has 0 bridgehead atoms. The van der Waals surface area contributed by atoms with Gasteiger partial charge in [-0.2, -0.15) is 0 Å². The van der Waals surface area contributed by atoms with Crippen molar-refractivity contribution >= 4 is 46.1 Å². The molecule has 8 rings (SSSR count). The van der Waals surface area contributed by atoms with Crippen molar-refractivity contribution < 1.29 is 33.9 Å². The van der Waals surface area contributed by atoms with Crippen molar-refractivity contribution in [3.63, 3.8) is 0 Å². The normalized spacial score (nSPS) is 19.9. The Bertz CT molecular complexity index is 2130. The summed E-state index contributed by atoms with van der Waals surface area (Å²) in [7, 11) is 0. The highest BCUT2D eigenvalue weighted by atomic mass is 16.5. The van der Waals surface area contributed by atoms with Crippen molar-refractivity contribution in [3.05, 3.63) is 95.2 Å². The van der Waals surface area contributed by atoms with Crippen molar-refractivity contribution in [1.29, 1.82) is 0 Å². The minimum Gasteiger partial charge on any atom is -0.492 e. The van der Waals surface area contributed by atoms with Crippen molar-refractivity contribution in [1.82, 2.24) is 30.1 Å². The predicted molar refractivity (Wildman–Crippen MR) is 203 cm³/mol. The lowest BCUT2D eigenvalue weighted by Gasteiger charge is -2.39. The van der Waals surface area contributed by atoms with Crippen LogP contribution in [0.1, 0.15) is 62.3 Å². The first-order chi connectivity index (χ1) is 26.7. The molecule has 0 saturated carbocycles. The standard InChI is InChI=1S/C41H45N7O7/c49-37-9-8-35(39(51)42-37)48-40(52)33-7-6-31(24-34(33)41(48)53)46-18-16-45(17-19-46)25-27-10-13-44(14-11-27)26-28-2-1-3-32(22-28)55-21-20-47-15-12-29-4-5-30(23-36(29)47)38(50)43-54/h1-7,12,15,22-24,27,35,54H,8-11,13-14,16-21,25-26H2,(H,43,50)(H,42,49,51). The van der Waals surface area contributed by atoms with Gasteiger partial charge in [-0.05, 0) is 97.8 Å². The number of aromatic nitrogens is 1. The Kier molecular flexibility index (Phi) is 10.4. The molecule has 5 amide bonds. The second kappa shape index (κ2) is 15.7. The maximum atomic E-state index is 13.3. The number of ether oxygens (including phenoxy) is 1. The monoisotopic (exact) mass is 747 g/mol. The van der Waals surface area contributed by atoms with Crippen LogP contribution in [-0.2, 0) is 22.7 Å². The number of rotatable bonds is 11. The minimum absolute atomic E-state index is 0.0969. The van der Waals surface area contributed by atoms with E-state index < -0.39 is 29.7 Å². The second-order valence-electron chi connectivity index (χ2n) is 14.9. The lowest BCUT2D eigenvalue weighted by Crippen LogP contribution is -2.54. The van der Waals surface area contributed by atoms with E-state index >= 15 is 0 Å². The molecule has 0 radical (unpaired) electrons. The van der Waals surface area contributed by atoms with Crippen molar-refractivity contribution in [2.75, 3.05) is 57.3 Å². The Morgan fingerprint density at radius 3 is 2.42 bits per heavy atom. The van der Waals surface area contributed by atoms with Gasteiger partial charge in [-0.3, -0.25) is 49.2 Å². The number of carbonyl (C=O) groups is 5. The van der Waals surface area contributed by atoms with E-state index in [2.05, 4.69) is 32.1 Å². The zero-order chi connectivity index (χ0) is 38.1. The summed E-state index contributed by atoms with van der Waals surface area (Å²) in [5.41, 5.74) is 5.72. The van der Waals surface area contributed by atoms with Gasteiger partial charge in [0.25, 0.3) is 17.7 Å². The van der Waals surface area contributed by atoms with Crippen molar-refractivity contribution in [2.24, 2.45) is 5.92 Å². The highest BCUT2D eigenvalue weighted by Crippen LogP contribution is 2.31. The SMILES string of the molecule is O=C1CCC(N2C(=O)c3ccc(N4CCN(CC5CCN(Cc6cccc(OCCn7ccc8ccc(C(=O)NO)cc87)c6)CC5)CC4)cc3C2=O)C(=O)N1. The van der Waals surface area contributed by atoms with Gasteiger partial charge in [-0.1, -0.05) is 18.2 Å². The number of imide groups is 2. The molecular formula is C41H45N7O7. The maximum absolute atomic E-state index is 13.3. The third-order valence-corrected chi connectivity index (χ3v) is 11.4. The lowest BCUT2D eigenvalue weighted by molar-refractivity contribution is -0.136. The van der Waals surface area contributed by atoms with Crippen LogP contribution >= 0.6 is 0 Å². The molecule has 4 aliphatic rings. The molecule has 3 saturated heterocycles. The summed E-state index contributed by atoms with van der Waals surface area (Å²) in [6.07, 6.45) is 4.50. The number of hydrogen-bond acceptors (Lipinski definition) is 10. The van der Waals surface area contributed by atoms with Crippen LogP contribution in [-0.4, -0.2) is 112 Å². The van der Waals surface area contributed by atoms with E-state index in [-0.39, 0.29) is 18.7 Å². The smallest absolute Gasteiger partial charge is 0.274 e. The quantitative estimate of drug-likeness (QED) is 0.118. The molecular weight excluding hydrogens is 702 g/mol. The third kappa shape index (κ3) is 7.70. The Morgan fingerprint density at radius 2 is 1.64 bits per heavy atom. The van der Waals surface area contributed by atoms with Crippen LogP contribution < -0.4 is 20.4 Å². The third-order valence-electron chi connectivity index (χ3n) is 11.4. The number of carbonyl (C=O) groups excluding carboxylic acids is 5. The van der Waals surface area contributed by atoms with Crippen LogP contribution in [0.15, 0.2) is 72.9 Å². The molecule has 14 nitrogen and oxygen atoms in total. The van der Waals surface area contributed by atoms with Gasteiger partial charge in [0.05, 0.1) is 17.7 Å². The fourth-order valence-electron chi connectivity index (χ4n) is 8.37. The highest BCUT2D eigenvalue weighted by molar-refractivity contribution is 6.23. The Hall–Kier alpha value is -5.57. The van der Waals surface area contributed by atoms with Gasteiger partial charge in [0.1, 0.15) is 18.4 Å². The highest BCUT2D eigenvalue weighted by Gasteiger charge is 2.44. The molecule has 3 aromatic carbocycles. The fraction of sp³-hybridized carbons (Fsp3) is 0.390. The van der Waals surface area contributed by atoms with Crippen molar-refractivity contribution in [2.45, 2.75) is 44.8 Å². The first-order valence-electron chi connectivity index (χ1n) is 19.0. The summed E-state index contributed by atoms with van der Waals surface area (Å²) in [6, 6.07) is 20.0. The minimum atomic E-state index is -0.966. The summed E-state index contributed by atoms with van der Waals surface area (Å²) in [5, 5.41) is 12.2. The van der Waals surface area contributed by atoms with Crippen molar-refractivity contribution in [3.8, 4) is 5.75 Å². The molecule has 1 atom stereocenters. The fourth-order valence-corrected chi connectivity index (χ4v) is 8.37. The lowest BCUT2D eigenvalue weighted by atomic mass is 9.95. The number of hydrogen-bond donors (Lipinski definition) is 3. The largest absolute Gasteiger partial charge is 0.492 e. The number of nitrogens with zero attached hydrogens (tertiary/aromatic N) is 5. The Morgan fingerprint density at radius 1 is 0.836 bits per heavy atom.